The number of ketones is 1. The maximum atomic E-state index is 14.7. The van der Waals surface area contributed by atoms with E-state index in [0.29, 0.717) is 31.5 Å². The van der Waals surface area contributed by atoms with Gasteiger partial charge in [-0.1, -0.05) is 81.3 Å². The number of carbonyl (C=O) groups excluding carboxylic acids is 1. The standard InChI is InChI=1S/C27H22Cl2N6O3S2/c1-39-26-30-13-11-19(32-26)23(34-37)21(15-3-7-17(28)8-4-15)25(36)22(16-5-9-18(29)10-6-16)24(35-38)20-12-14-31-27(33-20)40-2/h3-14,21-22,37-38H,1-2H3. The molecular weight excluding hydrogens is 591 g/mol. The van der Waals surface area contributed by atoms with Gasteiger partial charge in [-0.25, -0.2) is 19.9 Å². The zero-order valence-electron chi connectivity index (χ0n) is 21.1. The van der Waals surface area contributed by atoms with Crippen LogP contribution in [-0.4, -0.2) is 60.1 Å². The van der Waals surface area contributed by atoms with E-state index in [4.69, 9.17) is 23.2 Å². The summed E-state index contributed by atoms with van der Waals surface area (Å²) in [6, 6.07) is 16.3. The third kappa shape index (κ3) is 6.61. The van der Waals surface area contributed by atoms with Crippen LogP contribution in [-0.2, 0) is 4.79 Å². The highest BCUT2D eigenvalue weighted by atomic mass is 35.5. The Morgan fingerprint density at radius 2 is 1.07 bits per heavy atom. The van der Waals surface area contributed by atoms with Gasteiger partial charge in [-0.05, 0) is 60.0 Å². The van der Waals surface area contributed by atoms with Crippen LogP contribution in [0.3, 0.4) is 0 Å². The van der Waals surface area contributed by atoms with Crippen molar-refractivity contribution in [1.29, 1.82) is 0 Å². The van der Waals surface area contributed by atoms with E-state index < -0.39 is 17.6 Å². The maximum absolute atomic E-state index is 14.7. The number of benzene rings is 2. The highest BCUT2D eigenvalue weighted by Crippen LogP contribution is 2.34. The molecule has 2 unspecified atom stereocenters. The Morgan fingerprint density at radius 1 is 0.700 bits per heavy atom. The first kappa shape index (κ1) is 29.5. The van der Waals surface area contributed by atoms with Crippen molar-refractivity contribution in [3.05, 3.63) is 106 Å². The van der Waals surface area contributed by atoms with Crippen molar-refractivity contribution in [3.8, 4) is 0 Å². The summed E-state index contributed by atoms with van der Waals surface area (Å²) in [7, 11) is 0. The first-order valence-electron chi connectivity index (χ1n) is 11.6. The van der Waals surface area contributed by atoms with E-state index in [1.165, 1.54) is 35.9 Å². The van der Waals surface area contributed by atoms with E-state index in [9.17, 15) is 15.2 Å². The van der Waals surface area contributed by atoms with Crippen molar-refractivity contribution in [2.24, 2.45) is 10.3 Å². The molecule has 0 amide bonds. The fraction of sp³-hybridized carbons (Fsp3) is 0.148. The molecule has 2 atom stereocenters. The Hall–Kier alpha value is -3.51. The van der Waals surface area contributed by atoms with Gasteiger partial charge in [0.2, 0.25) is 0 Å². The normalized spacial score (nSPS) is 13.6. The molecule has 2 aromatic heterocycles. The molecule has 4 rings (SSSR count). The molecule has 0 aliphatic rings. The summed E-state index contributed by atoms with van der Waals surface area (Å²) >= 11 is 14.9. The van der Waals surface area contributed by atoms with Gasteiger partial charge in [-0.2, -0.15) is 0 Å². The second-order valence-corrected chi connectivity index (χ2v) is 10.6. The molecule has 9 nitrogen and oxygen atoms in total. The highest BCUT2D eigenvalue weighted by molar-refractivity contribution is 7.98. The van der Waals surface area contributed by atoms with Crippen molar-refractivity contribution in [2.45, 2.75) is 22.1 Å². The molecule has 0 radical (unpaired) electrons. The predicted molar refractivity (Wildman–Crippen MR) is 158 cm³/mol. The molecule has 4 aromatic rings. The summed E-state index contributed by atoms with van der Waals surface area (Å²) in [5.74, 6) is -2.80. The molecule has 13 heteroatoms. The largest absolute Gasteiger partial charge is 0.411 e. The van der Waals surface area contributed by atoms with Gasteiger partial charge < -0.3 is 10.4 Å². The average molecular weight is 614 g/mol. The first-order chi connectivity index (χ1) is 19.4. The number of hydrogen-bond acceptors (Lipinski definition) is 11. The summed E-state index contributed by atoms with van der Waals surface area (Å²) in [6.07, 6.45) is 6.65. The predicted octanol–water partition coefficient (Wildman–Crippen LogP) is 6.21. The van der Waals surface area contributed by atoms with Gasteiger partial charge in [0.15, 0.2) is 16.1 Å². The van der Waals surface area contributed by atoms with Gasteiger partial charge in [0.1, 0.15) is 11.4 Å². The van der Waals surface area contributed by atoms with Crippen molar-refractivity contribution in [3.63, 3.8) is 0 Å². The van der Waals surface area contributed by atoms with Crippen LogP contribution >= 0.6 is 46.7 Å². The van der Waals surface area contributed by atoms with Gasteiger partial charge in [-0.15, -0.1) is 0 Å². The second kappa shape index (κ2) is 13.7. The molecule has 204 valence electrons. The fourth-order valence-corrected chi connectivity index (χ4v) is 5.03. The number of halogens is 2. The lowest BCUT2D eigenvalue weighted by Gasteiger charge is -2.24. The van der Waals surface area contributed by atoms with E-state index in [1.54, 1.807) is 60.7 Å². The number of oxime groups is 2. The van der Waals surface area contributed by atoms with Crippen LogP contribution in [0, 0.1) is 0 Å². The van der Waals surface area contributed by atoms with Crippen LogP contribution in [0.1, 0.15) is 34.4 Å². The zero-order chi connectivity index (χ0) is 28.6. The van der Waals surface area contributed by atoms with E-state index in [-0.39, 0.29) is 22.8 Å². The van der Waals surface area contributed by atoms with Crippen LogP contribution in [0.25, 0.3) is 0 Å². The molecule has 0 aliphatic heterocycles. The zero-order valence-corrected chi connectivity index (χ0v) is 24.3. The van der Waals surface area contributed by atoms with E-state index in [0.717, 1.165) is 0 Å². The topological polar surface area (TPSA) is 134 Å². The van der Waals surface area contributed by atoms with Crippen LogP contribution in [0.15, 0.2) is 93.7 Å². The summed E-state index contributed by atoms with van der Waals surface area (Å²) < 4.78 is 0. The second-order valence-electron chi connectivity index (χ2n) is 8.20. The molecule has 0 aliphatic carbocycles. The maximum Gasteiger partial charge on any atom is 0.187 e. The molecule has 0 bridgehead atoms. The monoisotopic (exact) mass is 612 g/mol. The average Bonchev–Trinajstić information content (AvgIpc) is 2.99. The third-order valence-corrected chi connectivity index (χ3v) is 7.52. The van der Waals surface area contributed by atoms with E-state index in [2.05, 4.69) is 30.2 Å². The highest BCUT2D eigenvalue weighted by Gasteiger charge is 2.39. The lowest BCUT2D eigenvalue weighted by molar-refractivity contribution is -0.119. The molecule has 2 N–H and O–H groups in total. The van der Waals surface area contributed by atoms with Crippen LogP contribution in [0.2, 0.25) is 10.0 Å². The Bertz CT molecular complexity index is 1440. The molecule has 2 aromatic carbocycles. The van der Waals surface area contributed by atoms with E-state index in [1.807, 2.05) is 12.5 Å². The summed E-state index contributed by atoms with van der Waals surface area (Å²) in [5, 5.41) is 29.4. The fourth-order valence-electron chi connectivity index (χ4n) is 4.07. The molecule has 40 heavy (non-hydrogen) atoms. The molecule has 0 fully saturated rings. The summed E-state index contributed by atoms with van der Waals surface area (Å²) in [5.41, 5.74) is 1.42. The van der Waals surface area contributed by atoms with Crippen molar-refractivity contribution < 1.29 is 15.2 Å². The lowest BCUT2D eigenvalue weighted by Crippen LogP contribution is -2.33. The minimum Gasteiger partial charge on any atom is -0.411 e. The smallest absolute Gasteiger partial charge is 0.187 e. The number of Topliss-reactive ketones (excluding diaryl/α,β-unsaturated/α-hetero) is 1. The Morgan fingerprint density at radius 3 is 1.40 bits per heavy atom. The number of aromatic nitrogens is 4. The third-order valence-electron chi connectivity index (χ3n) is 5.90. The number of hydrogen-bond donors (Lipinski definition) is 2. The molecule has 0 saturated heterocycles. The number of nitrogens with zero attached hydrogens (tertiary/aromatic N) is 6. The van der Waals surface area contributed by atoms with Crippen molar-refractivity contribution in [2.75, 3.05) is 12.5 Å². The van der Waals surface area contributed by atoms with E-state index >= 15 is 0 Å². The molecule has 0 saturated carbocycles. The van der Waals surface area contributed by atoms with Crippen molar-refractivity contribution >= 4 is 63.9 Å². The molecular formula is C27H22Cl2N6O3S2. The summed E-state index contributed by atoms with van der Waals surface area (Å²) in [6.45, 7) is 0. The van der Waals surface area contributed by atoms with Crippen molar-refractivity contribution in [1.82, 2.24) is 19.9 Å². The quantitative estimate of drug-likeness (QED) is 0.0704. The lowest BCUT2D eigenvalue weighted by atomic mass is 9.77. The molecule has 2 heterocycles. The van der Waals surface area contributed by atoms with Gasteiger partial charge in [0.25, 0.3) is 0 Å². The van der Waals surface area contributed by atoms with Crippen LogP contribution in [0.4, 0.5) is 0 Å². The Balaban J connectivity index is 1.94. The first-order valence-corrected chi connectivity index (χ1v) is 14.8. The Labute approximate surface area is 248 Å². The minimum atomic E-state index is -1.16. The number of rotatable bonds is 10. The number of thioether (sulfide) groups is 2. The van der Waals surface area contributed by atoms with Crippen LogP contribution < -0.4 is 0 Å². The van der Waals surface area contributed by atoms with Gasteiger partial charge in [-0.3, -0.25) is 4.79 Å². The van der Waals surface area contributed by atoms with Gasteiger partial charge >= 0.3 is 0 Å². The van der Waals surface area contributed by atoms with Gasteiger partial charge in [0.05, 0.1) is 23.2 Å². The summed E-state index contributed by atoms with van der Waals surface area (Å²) in [4.78, 5) is 32.0. The Kier molecular flexibility index (Phi) is 10.1. The SMILES string of the molecule is CSc1nccc(C(=NO)C(C(=O)C(C(=NO)c2ccnc(SC)n2)c2ccc(Cl)cc2)c2ccc(Cl)cc2)n1. The number of carbonyl (C=O) groups is 1. The van der Waals surface area contributed by atoms with Gasteiger partial charge in [0, 0.05) is 22.4 Å². The van der Waals surface area contributed by atoms with Crippen LogP contribution in [0.5, 0.6) is 0 Å². The minimum absolute atomic E-state index is 0.0197. The molecule has 0 spiro atoms.